The lowest BCUT2D eigenvalue weighted by Crippen LogP contribution is -2.54. The maximum Gasteiger partial charge on any atom is 0.246 e. The Labute approximate surface area is 118 Å². The smallest absolute Gasteiger partial charge is 0.246 e. The number of piperidine rings is 1. The van der Waals surface area contributed by atoms with Crippen LogP contribution in [0.3, 0.4) is 0 Å². The van der Waals surface area contributed by atoms with Gasteiger partial charge in [0.05, 0.1) is 5.75 Å². The van der Waals surface area contributed by atoms with Gasteiger partial charge in [-0.1, -0.05) is 6.92 Å². The van der Waals surface area contributed by atoms with Crippen molar-refractivity contribution >= 4 is 23.6 Å². The number of hydrogen-bond donors (Lipinski definition) is 1. The van der Waals surface area contributed by atoms with Crippen molar-refractivity contribution in [2.75, 3.05) is 18.1 Å². The molecule has 0 bridgehead atoms. The molecule has 19 heavy (non-hydrogen) atoms. The van der Waals surface area contributed by atoms with Crippen LogP contribution in [0.25, 0.3) is 0 Å². The van der Waals surface area contributed by atoms with Crippen molar-refractivity contribution in [3.05, 3.63) is 0 Å². The van der Waals surface area contributed by atoms with Gasteiger partial charge >= 0.3 is 0 Å². The molecule has 0 aromatic heterocycles. The molecule has 0 aromatic rings. The third-order valence-electron chi connectivity index (χ3n) is 4.82. The average Bonchev–Trinajstić information content (AvgIpc) is 2.97. The van der Waals surface area contributed by atoms with Crippen LogP contribution in [0.15, 0.2) is 0 Å². The average molecular weight is 282 g/mol. The summed E-state index contributed by atoms with van der Waals surface area (Å²) >= 11 is 1.64. The van der Waals surface area contributed by atoms with E-state index in [9.17, 15) is 9.59 Å². The van der Waals surface area contributed by atoms with E-state index in [0.29, 0.717) is 17.7 Å². The molecule has 1 aliphatic heterocycles. The third-order valence-corrected chi connectivity index (χ3v) is 5.68. The molecule has 2 atom stereocenters. The Bertz CT molecular complexity index is 397. The molecule has 4 nitrogen and oxygen atoms in total. The van der Waals surface area contributed by atoms with Gasteiger partial charge in [0.25, 0.3) is 0 Å². The molecule has 106 valence electrons. The minimum absolute atomic E-state index is 0.120. The molecule has 0 spiro atoms. The van der Waals surface area contributed by atoms with Crippen LogP contribution in [0, 0.1) is 5.92 Å². The zero-order chi connectivity index (χ0) is 13.5. The predicted octanol–water partition coefficient (Wildman–Crippen LogP) is 1.40. The van der Waals surface area contributed by atoms with Crippen LogP contribution < -0.4 is 5.32 Å². The Morgan fingerprint density at radius 2 is 2.16 bits per heavy atom. The minimum Gasteiger partial charge on any atom is -0.351 e. The number of amides is 2. The van der Waals surface area contributed by atoms with E-state index in [1.54, 1.807) is 11.8 Å². The molecule has 0 radical (unpaired) electrons. The molecule has 3 fully saturated rings. The van der Waals surface area contributed by atoms with Crippen molar-refractivity contribution in [3.63, 3.8) is 0 Å². The highest BCUT2D eigenvalue weighted by molar-refractivity contribution is 7.99. The van der Waals surface area contributed by atoms with E-state index in [2.05, 4.69) is 12.2 Å². The number of carbonyl (C=O) groups is 2. The fourth-order valence-corrected chi connectivity index (χ4v) is 3.89. The van der Waals surface area contributed by atoms with Crippen molar-refractivity contribution in [3.8, 4) is 0 Å². The standard InChI is InChI=1S/C14H22N2O2S/c1-2-19-9-12(17)16-7-6-10-8-14(10,16)13(18)15-11-4-3-5-11/h10-11H,2-9H2,1H3,(H,15,18). The largest absolute Gasteiger partial charge is 0.351 e. The molecule has 1 heterocycles. The molecule has 2 aliphatic carbocycles. The molecular weight excluding hydrogens is 260 g/mol. The van der Waals surface area contributed by atoms with Gasteiger partial charge in [-0.05, 0) is 43.8 Å². The Balaban J connectivity index is 1.64. The monoisotopic (exact) mass is 282 g/mol. The SMILES string of the molecule is CCSCC(=O)N1CCC2CC21C(=O)NC1CCC1. The number of nitrogens with one attached hydrogen (secondary N) is 1. The first-order valence-electron chi connectivity index (χ1n) is 7.37. The lowest BCUT2D eigenvalue weighted by Gasteiger charge is -2.32. The normalized spacial score (nSPS) is 32.7. The Hall–Kier alpha value is -0.710. The highest BCUT2D eigenvalue weighted by Gasteiger charge is 2.68. The molecule has 3 aliphatic rings. The number of thioether (sulfide) groups is 1. The summed E-state index contributed by atoms with van der Waals surface area (Å²) in [5.74, 6) is 2.15. The van der Waals surface area contributed by atoms with Crippen molar-refractivity contribution in [1.29, 1.82) is 0 Å². The molecule has 2 unspecified atom stereocenters. The van der Waals surface area contributed by atoms with Crippen LogP contribution in [-0.2, 0) is 9.59 Å². The Morgan fingerprint density at radius 3 is 2.74 bits per heavy atom. The van der Waals surface area contributed by atoms with E-state index >= 15 is 0 Å². The van der Waals surface area contributed by atoms with E-state index in [-0.39, 0.29) is 11.8 Å². The summed E-state index contributed by atoms with van der Waals surface area (Å²) in [4.78, 5) is 26.6. The van der Waals surface area contributed by atoms with Gasteiger partial charge in [-0.25, -0.2) is 0 Å². The van der Waals surface area contributed by atoms with E-state index in [0.717, 1.165) is 38.0 Å². The van der Waals surface area contributed by atoms with Crippen molar-refractivity contribution < 1.29 is 9.59 Å². The second kappa shape index (κ2) is 5.00. The lowest BCUT2D eigenvalue weighted by molar-refractivity contribution is -0.139. The topological polar surface area (TPSA) is 49.4 Å². The minimum atomic E-state index is -0.457. The van der Waals surface area contributed by atoms with Crippen molar-refractivity contribution in [1.82, 2.24) is 10.2 Å². The number of carbonyl (C=O) groups excluding carboxylic acids is 2. The molecule has 2 saturated carbocycles. The first kappa shape index (κ1) is 13.3. The summed E-state index contributed by atoms with van der Waals surface area (Å²) in [6.45, 7) is 2.83. The molecule has 1 N–H and O–H groups in total. The summed E-state index contributed by atoms with van der Waals surface area (Å²) in [5.41, 5.74) is -0.457. The third kappa shape index (κ3) is 2.16. The van der Waals surface area contributed by atoms with Crippen LogP contribution in [0.5, 0.6) is 0 Å². The molecular formula is C14H22N2O2S. The summed E-state index contributed by atoms with van der Waals surface area (Å²) in [5, 5.41) is 3.14. The summed E-state index contributed by atoms with van der Waals surface area (Å²) in [6.07, 6.45) is 5.31. The number of nitrogens with zero attached hydrogens (tertiary/aromatic N) is 1. The van der Waals surface area contributed by atoms with Gasteiger partial charge in [-0.3, -0.25) is 9.59 Å². The van der Waals surface area contributed by atoms with Crippen LogP contribution in [0.2, 0.25) is 0 Å². The van der Waals surface area contributed by atoms with E-state index < -0.39 is 5.54 Å². The molecule has 2 amide bonds. The number of rotatable bonds is 5. The molecule has 5 heteroatoms. The predicted molar refractivity (Wildman–Crippen MR) is 75.9 cm³/mol. The van der Waals surface area contributed by atoms with Gasteiger partial charge in [0, 0.05) is 12.6 Å². The fraction of sp³-hybridized carbons (Fsp3) is 0.857. The quantitative estimate of drug-likeness (QED) is 0.829. The zero-order valence-electron chi connectivity index (χ0n) is 11.5. The van der Waals surface area contributed by atoms with Gasteiger partial charge in [0.2, 0.25) is 11.8 Å². The van der Waals surface area contributed by atoms with E-state index in [1.807, 2.05) is 4.90 Å². The summed E-state index contributed by atoms with van der Waals surface area (Å²) in [7, 11) is 0. The Kier molecular flexibility index (Phi) is 3.50. The second-order valence-corrected chi connectivity index (χ2v) is 7.17. The highest BCUT2D eigenvalue weighted by Crippen LogP contribution is 2.56. The lowest BCUT2D eigenvalue weighted by atomic mass is 9.92. The Morgan fingerprint density at radius 1 is 1.37 bits per heavy atom. The van der Waals surface area contributed by atoms with Gasteiger partial charge < -0.3 is 10.2 Å². The molecule has 3 rings (SSSR count). The van der Waals surface area contributed by atoms with E-state index in [1.165, 1.54) is 6.42 Å². The first-order valence-corrected chi connectivity index (χ1v) is 8.53. The molecule has 1 saturated heterocycles. The fourth-order valence-electron chi connectivity index (χ4n) is 3.35. The zero-order valence-corrected chi connectivity index (χ0v) is 12.3. The number of hydrogen-bond acceptors (Lipinski definition) is 3. The van der Waals surface area contributed by atoms with Crippen LogP contribution in [0.1, 0.15) is 39.0 Å². The van der Waals surface area contributed by atoms with Crippen LogP contribution in [0.4, 0.5) is 0 Å². The highest BCUT2D eigenvalue weighted by atomic mass is 32.2. The van der Waals surface area contributed by atoms with Gasteiger partial charge in [-0.2, -0.15) is 11.8 Å². The maximum absolute atomic E-state index is 12.5. The second-order valence-electron chi connectivity index (χ2n) is 5.90. The van der Waals surface area contributed by atoms with Gasteiger partial charge in [0.15, 0.2) is 0 Å². The van der Waals surface area contributed by atoms with Crippen molar-refractivity contribution in [2.45, 2.75) is 50.6 Å². The van der Waals surface area contributed by atoms with E-state index in [4.69, 9.17) is 0 Å². The van der Waals surface area contributed by atoms with Crippen LogP contribution in [-0.4, -0.2) is 46.3 Å². The van der Waals surface area contributed by atoms with Crippen molar-refractivity contribution in [2.24, 2.45) is 5.92 Å². The maximum atomic E-state index is 12.5. The first-order chi connectivity index (χ1) is 9.18. The van der Waals surface area contributed by atoms with Crippen LogP contribution >= 0.6 is 11.8 Å². The van der Waals surface area contributed by atoms with Gasteiger partial charge in [0.1, 0.15) is 5.54 Å². The molecule has 0 aromatic carbocycles. The number of fused-ring (bicyclic) bond motifs is 1. The summed E-state index contributed by atoms with van der Waals surface area (Å²) in [6, 6.07) is 0.366. The summed E-state index contributed by atoms with van der Waals surface area (Å²) < 4.78 is 0. The number of likely N-dealkylation sites (tertiary alicyclic amines) is 1. The van der Waals surface area contributed by atoms with Gasteiger partial charge in [-0.15, -0.1) is 0 Å².